The first-order valence-corrected chi connectivity index (χ1v) is 7.08. The zero-order valence-electron chi connectivity index (χ0n) is 12.1. The fourth-order valence-electron chi connectivity index (χ4n) is 3.01. The van der Waals surface area contributed by atoms with Crippen molar-refractivity contribution in [3.63, 3.8) is 0 Å². The second kappa shape index (κ2) is 5.17. The van der Waals surface area contributed by atoms with Gasteiger partial charge in [0.15, 0.2) is 0 Å². The van der Waals surface area contributed by atoms with E-state index in [0.29, 0.717) is 6.54 Å². The Hall–Kier alpha value is -2.00. The Balaban J connectivity index is 2.15. The highest BCUT2D eigenvalue weighted by Gasteiger charge is 2.23. The Morgan fingerprint density at radius 3 is 2.50 bits per heavy atom. The molecule has 0 radical (unpaired) electrons. The van der Waals surface area contributed by atoms with Gasteiger partial charge in [0.2, 0.25) is 0 Å². The highest BCUT2D eigenvalue weighted by atomic mass is 15.3. The van der Waals surface area contributed by atoms with E-state index in [1.54, 1.807) is 0 Å². The van der Waals surface area contributed by atoms with Gasteiger partial charge in [-0.15, -0.1) is 0 Å². The first-order chi connectivity index (χ1) is 9.72. The molecule has 0 aromatic heterocycles. The van der Waals surface area contributed by atoms with Crippen LogP contribution in [-0.2, 0) is 6.54 Å². The largest absolute Gasteiger partial charge is 0.371 e. The molecule has 0 amide bonds. The minimum atomic E-state index is 0.575. The second-order valence-corrected chi connectivity index (χ2v) is 5.35. The summed E-state index contributed by atoms with van der Waals surface area (Å²) in [5.74, 6) is 0. The predicted octanol–water partition coefficient (Wildman–Crippen LogP) is 3.04. The number of hydrogen-bond acceptors (Lipinski definition) is 3. The normalized spacial score (nSPS) is 14.3. The van der Waals surface area contributed by atoms with Gasteiger partial charge < -0.3 is 15.5 Å². The maximum Gasteiger partial charge on any atom is 0.0649 e. The molecule has 0 saturated heterocycles. The van der Waals surface area contributed by atoms with Crippen molar-refractivity contribution < 1.29 is 0 Å². The maximum atomic E-state index is 5.94. The first kappa shape index (κ1) is 13.0. The van der Waals surface area contributed by atoms with E-state index in [4.69, 9.17) is 5.73 Å². The van der Waals surface area contributed by atoms with E-state index >= 15 is 0 Å². The average molecular weight is 267 g/mol. The maximum absolute atomic E-state index is 5.94. The number of para-hydroxylation sites is 3. The molecule has 0 spiro atoms. The average Bonchev–Trinajstić information content (AvgIpc) is 2.48. The van der Waals surface area contributed by atoms with Gasteiger partial charge in [0.05, 0.1) is 11.4 Å². The molecule has 20 heavy (non-hydrogen) atoms. The number of nitrogens with two attached hydrogens (primary N) is 1. The van der Waals surface area contributed by atoms with E-state index in [9.17, 15) is 0 Å². The summed E-state index contributed by atoms with van der Waals surface area (Å²) in [4.78, 5) is 4.72. The van der Waals surface area contributed by atoms with Gasteiger partial charge in [-0.3, -0.25) is 0 Å². The number of fused-ring (bicyclic) bond motifs is 1. The molecule has 3 heteroatoms. The van der Waals surface area contributed by atoms with Crippen molar-refractivity contribution in [1.29, 1.82) is 0 Å². The molecule has 3 rings (SSSR count). The van der Waals surface area contributed by atoms with E-state index in [1.807, 2.05) is 0 Å². The molecule has 1 aliphatic rings. The van der Waals surface area contributed by atoms with Crippen LogP contribution in [0.2, 0.25) is 0 Å². The highest BCUT2D eigenvalue weighted by Crippen LogP contribution is 2.39. The van der Waals surface area contributed by atoms with Gasteiger partial charge in [-0.2, -0.15) is 0 Å². The van der Waals surface area contributed by atoms with Crippen LogP contribution in [-0.4, -0.2) is 20.1 Å². The van der Waals surface area contributed by atoms with Crippen LogP contribution >= 0.6 is 0 Å². The van der Waals surface area contributed by atoms with Gasteiger partial charge in [-0.25, -0.2) is 0 Å². The standard InChI is InChI=1S/C17H21N3/c1-13-6-5-7-14(12-18)17(13)20-11-10-19(2)15-8-3-4-9-16(15)20/h3-9H,10-12,18H2,1-2H3. The summed E-state index contributed by atoms with van der Waals surface area (Å²) in [5.41, 5.74) is 12.3. The third-order valence-electron chi connectivity index (χ3n) is 4.05. The van der Waals surface area contributed by atoms with Gasteiger partial charge in [0, 0.05) is 32.4 Å². The summed E-state index contributed by atoms with van der Waals surface area (Å²) in [6, 6.07) is 15.0. The monoisotopic (exact) mass is 267 g/mol. The van der Waals surface area contributed by atoms with Crippen LogP contribution in [0.4, 0.5) is 17.1 Å². The van der Waals surface area contributed by atoms with E-state index in [2.05, 4.69) is 66.2 Å². The molecule has 104 valence electrons. The third-order valence-corrected chi connectivity index (χ3v) is 4.05. The quantitative estimate of drug-likeness (QED) is 0.907. The summed E-state index contributed by atoms with van der Waals surface area (Å²) >= 11 is 0. The van der Waals surface area contributed by atoms with Crippen LogP contribution < -0.4 is 15.5 Å². The molecule has 0 fully saturated rings. The van der Waals surface area contributed by atoms with Crippen LogP contribution in [0.3, 0.4) is 0 Å². The molecule has 0 aliphatic carbocycles. The van der Waals surface area contributed by atoms with Crippen molar-refractivity contribution in [3.8, 4) is 0 Å². The van der Waals surface area contributed by atoms with Crippen molar-refractivity contribution in [2.75, 3.05) is 29.9 Å². The lowest BCUT2D eigenvalue weighted by molar-refractivity contribution is 0.815. The van der Waals surface area contributed by atoms with Crippen LogP contribution in [0.15, 0.2) is 42.5 Å². The topological polar surface area (TPSA) is 32.5 Å². The molecule has 0 saturated carbocycles. The van der Waals surface area contributed by atoms with Crippen molar-refractivity contribution in [2.45, 2.75) is 13.5 Å². The highest BCUT2D eigenvalue weighted by molar-refractivity contribution is 5.81. The van der Waals surface area contributed by atoms with Gasteiger partial charge in [0.25, 0.3) is 0 Å². The Bertz CT molecular complexity index is 621. The Kier molecular flexibility index (Phi) is 3.36. The summed E-state index contributed by atoms with van der Waals surface area (Å²) in [7, 11) is 2.15. The number of aryl methyl sites for hydroxylation is 1. The smallest absolute Gasteiger partial charge is 0.0649 e. The number of benzene rings is 2. The second-order valence-electron chi connectivity index (χ2n) is 5.35. The Morgan fingerprint density at radius 1 is 1.00 bits per heavy atom. The zero-order chi connectivity index (χ0) is 14.1. The van der Waals surface area contributed by atoms with Gasteiger partial charge in [0.1, 0.15) is 0 Å². The molecular formula is C17H21N3. The molecule has 0 atom stereocenters. The minimum Gasteiger partial charge on any atom is -0.371 e. The van der Waals surface area contributed by atoms with Crippen molar-refractivity contribution >= 4 is 17.1 Å². The van der Waals surface area contributed by atoms with Crippen LogP contribution in [0.25, 0.3) is 0 Å². The lowest BCUT2D eigenvalue weighted by Crippen LogP contribution is -2.37. The number of anilines is 3. The lowest BCUT2D eigenvalue weighted by Gasteiger charge is -2.38. The van der Waals surface area contributed by atoms with Crippen LogP contribution in [0, 0.1) is 6.92 Å². The predicted molar refractivity (Wildman–Crippen MR) is 85.8 cm³/mol. The fourth-order valence-corrected chi connectivity index (χ4v) is 3.01. The summed E-state index contributed by atoms with van der Waals surface area (Å²) in [6.45, 7) is 4.75. The molecular weight excluding hydrogens is 246 g/mol. The van der Waals surface area contributed by atoms with Crippen molar-refractivity contribution in [1.82, 2.24) is 0 Å². The van der Waals surface area contributed by atoms with E-state index in [1.165, 1.54) is 28.2 Å². The zero-order valence-corrected chi connectivity index (χ0v) is 12.1. The minimum absolute atomic E-state index is 0.575. The van der Waals surface area contributed by atoms with Gasteiger partial charge >= 0.3 is 0 Å². The Labute approximate surface area is 120 Å². The molecule has 0 bridgehead atoms. The first-order valence-electron chi connectivity index (χ1n) is 7.08. The van der Waals surface area contributed by atoms with E-state index in [0.717, 1.165) is 13.1 Å². The summed E-state index contributed by atoms with van der Waals surface area (Å²) in [5, 5.41) is 0. The number of likely N-dealkylation sites (N-methyl/N-ethyl adjacent to an activating group) is 1. The number of hydrogen-bond donors (Lipinski definition) is 1. The molecule has 1 heterocycles. The van der Waals surface area contributed by atoms with Crippen LogP contribution in [0.5, 0.6) is 0 Å². The Morgan fingerprint density at radius 2 is 1.75 bits per heavy atom. The molecule has 2 aromatic rings. The van der Waals surface area contributed by atoms with Gasteiger partial charge in [-0.1, -0.05) is 30.3 Å². The molecule has 2 aromatic carbocycles. The summed E-state index contributed by atoms with van der Waals surface area (Å²) in [6.07, 6.45) is 0. The SMILES string of the molecule is Cc1cccc(CN)c1N1CCN(C)c2ccccc21. The molecule has 1 aliphatic heterocycles. The molecule has 3 nitrogen and oxygen atoms in total. The van der Waals surface area contributed by atoms with Crippen LogP contribution in [0.1, 0.15) is 11.1 Å². The third kappa shape index (κ3) is 2.04. The van der Waals surface area contributed by atoms with E-state index in [-0.39, 0.29) is 0 Å². The van der Waals surface area contributed by atoms with Gasteiger partial charge in [-0.05, 0) is 30.2 Å². The molecule has 2 N–H and O–H groups in total. The summed E-state index contributed by atoms with van der Waals surface area (Å²) < 4.78 is 0. The number of rotatable bonds is 2. The van der Waals surface area contributed by atoms with Crippen molar-refractivity contribution in [2.24, 2.45) is 5.73 Å². The fraction of sp³-hybridized carbons (Fsp3) is 0.294. The lowest BCUT2D eigenvalue weighted by atomic mass is 10.0. The van der Waals surface area contributed by atoms with E-state index < -0.39 is 0 Å². The molecule has 0 unspecified atom stereocenters. The number of nitrogens with zero attached hydrogens (tertiary/aromatic N) is 2. The van der Waals surface area contributed by atoms with Crippen molar-refractivity contribution in [3.05, 3.63) is 53.6 Å².